The van der Waals surface area contributed by atoms with Gasteiger partial charge in [0.25, 0.3) is 5.91 Å². The minimum atomic E-state index is -0.222. The molecule has 142 valence electrons. The van der Waals surface area contributed by atoms with Crippen molar-refractivity contribution in [2.75, 3.05) is 19.7 Å². The number of hydrogen-bond donors (Lipinski definition) is 2. The van der Waals surface area contributed by atoms with E-state index < -0.39 is 0 Å². The maximum absolute atomic E-state index is 12.5. The second-order valence-corrected chi connectivity index (χ2v) is 7.03. The minimum Gasteiger partial charge on any atom is -0.396 e. The molecule has 27 heavy (non-hydrogen) atoms. The van der Waals surface area contributed by atoms with Crippen LogP contribution in [0.15, 0.2) is 60.7 Å². The second-order valence-electron chi connectivity index (χ2n) is 7.03. The molecule has 0 saturated carbocycles. The molecule has 2 aromatic carbocycles. The van der Waals surface area contributed by atoms with Gasteiger partial charge < -0.3 is 15.3 Å². The predicted octanol–water partition coefficient (Wildman–Crippen LogP) is 2.26. The van der Waals surface area contributed by atoms with Crippen LogP contribution in [0.4, 0.5) is 0 Å². The molecule has 2 unspecified atom stereocenters. The lowest BCUT2D eigenvalue weighted by atomic mass is 10.0. The summed E-state index contributed by atoms with van der Waals surface area (Å²) in [5.41, 5.74) is 1.81. The number of hydrogen-bond acceptors (Lipinski definition) is 3. The Morgan fingerprint density at radius 3 is 2.33 bits per heavy atom. The van der Waals surface area contributed by atoms with Crippen LogP contribution >= 0.6 is 0 Å². The summed E-state index contributed by atoms with van der Waals surface area (Å²) < 4.78 is 0. The lowest BCUT2D eigenvalue weighted by Crippen LogP contribution is -2.41. The van der Waals surface area contributed by atoms with Gasteiger partial charge in [0.05, 0.1) is 6.04 Å². The highest BCUT2D eigenvalue weighted by atomic mass is 16.3. The Labute approximate surface area is 160 Å². The zero-order valence-corrected chi connectivity index (χ0v) is 15.4. The van der Waals surface area contributed by atoms with Crippen LogP contribution in [-0.2, 0) is 11.2 Å². The number of aliphatic hydroxyl groups is 1. The number of benzene rings is 2. The number of likely N-dealkylation sites (tertiary alicyclic amines) is 1. The van der Waals surface area contributed by atoms with Crippen molar-refractivity contribution < 1.29 is 14.7 Å². The first-order valence-corrected chi connectivity index (χ1v) is 9.46. The van der Waals surface area contributed by atoms with Gasteiger partial charge in [0.1, 0.15) is 0 Å². The van der Waals surface area contributed by atoms with Crippen LogP contribution in [0.3, 0.4) is 0 Å². The lowest BCUT2D eigenvalue weighted by Gasteiger charge is -2.18. The smallest absolute Gasteiger partial charge is 0.251 e. The van der Waals surface area contributed by atoms with Crippen LogP contribution in [0.5, 0.6) is 0 Å². The van der Waals surface area contributed by atoms with E-state index in [1.165, 1.54) is 5.56 Å². The summed E-state index contributed by atoms with van der Waals surface area (Å²) in [6.07, 6.45) is 2.15. The summed E-state index contributed by atoms with van der Waals surface area (Å²) in [4.78, 5) is 26.7. The highest BCUT2D eigenvalue weighted by molar-refractivity contribution is 5.94. The van der Waals surface area contributed by atoms with Crippen molar-refractivity contribution in [2.45, 2.75) is 25.3 Å². The van der Waals surface area contributed by atoms with Crippen molar-refractivity contribution in [3.63, 3.8) is 0 Å². The van der Waals surface area contributed by atoms with Gasteiger partial charge in [-0.25, -0.2) is 0 Å². The first-order chi connectivity index (χ1) is 13.2. The Hall–Kier alpha value is -2.66. The van der Waals surface area contributed by atoms with E-state index >= 15 is 0 Å². The molecular weight excluding hydrogens is 340 g/mol. The zero-order valence-electron chi connectivity index (χ0n) is 15.4. The van der Waals surface area contributed by atoms with Crippen molar-refractivity contribution in [1.82, 2.24) is 10.2 Å². The average Bonchev–Trinajstić information content (AvgIpc) is 3.12. The van der Waals surface area contributed by atoms with Crippen LogP contribution in [-0.4, -0.2) is 47.6 Å². The molecule has 5 nitrogen and oxygen atoms in total. The molecule has 1 fully saturated rings. The molecule has 2 aromatic rings. The molecule has 0 bridgehead atoms. The molecule has 5 heteroatoms. The number of amides is 2. The summed E-state index contributed by atoms with van der Waals surface area (Å²) in [6, 6.07) is 18.9. The third kappa shape index (κ3) is 5.17. The average molecular weight is 366 g/mol. The zero-order chi connectivity index (χ0) is 19.1. The molecule has 3 rings (SSSR count). The summed E-state index contributed by atoms with van der Waals surface area (Å²) in [6.45, 7) is 0.891. The van der Waals surface area contributed by atoms with Crippen molar-refractivity contribution in [3.05, 3.63) is 71.8 Å². The summed E-state index contributed by atoms with van der Waals surface area (Å²) >= 11 is 0. The van der Waals surface area contributed by atoms with Crippen molar-refractivity contribution >= 4 is 11.8 Å². The normalized spacial score (nSPS) is 19.1. The third-order valence-electron chi connectivity index (χ3n) is 5.08. The molecule has 0 spiro atoms. The highest BCUT2D eigenvalue weighted by Gasteiger charge is 2.35. The molecule has 0 radical (unpaired) electrons. The maximum atomic E-state index is 12.5. The quantitative estimate of drug-likeness (QED) is 0.790. The molecular formula is C22H26N2O3. The van der Waals surface area contributed by atoms with Crippen LogP contribution in [0, 0.1) is 5.92 Å². The van der Waals surface area contributed by atoms with Crippen LogP contribution in [0.25, 0.3) is 0 Å². The Bertz CT molecular complexity index is 749. The number of aryl methyl sites for hydroxylation is 1. The molecule has 1 aliphatic rings. The molecule has 2 amide bonds. The van der Waals surface area contributed by atoms with Gasteiger partial charge in [-0.2, -0.15) is 0 Å². The summed E-state index contributed by atoms with van der Waals surface area (Å²) in [7, 11) is 0. The van der Waals surface area contributed by atoms with Crippen molar-refractivity contribution in [1.29, 1.82) is 0 Å². The van der Waals surface area contributed by atoms with Gasteiger partial charge in [0.2, 0.25) is 5.91 Å². The van der Waals surface area contributed by atoms with E-state index in [0.29, 0.717) is 25.1 Å². The number of rotatable bonds is 7. The van der Waals surface area contributed by atoms with Crippen molar-refractivity contribution in [2.24, 2.45) is 5.92 Å². The van der Waals surface area contributed by atoms with Gasteiger partial charge in [-0.3, -0.25) is 9.59 Å². The topological polar surface area (TPSA) is 69.6 Å². The van der Waals surface area contributed by atoms with Crippen LogP contribution in [0.1, 0.15) is 28.8 Å². The molecule has 1 heterocycles. The fourth-order valence-electron chi connectivity index (χ4n) is 3.51. The molecule has 2 atom stereocenters. The number of carbonyl (C=O) groups is 2. The van der Waals surface area contributed by atoms with Gasteiger partial charge >= 0.3 is 0 Å². The lowest BCUT2D eigenvalue weighted by molar-refractivity contribution is -0.130. The number of aliphatic hydroxyl groups excluding tert-OH is 1. The van der Waals surface area contributed by atoms with Crippen LogP contribution < -0.4 is 5.32 Å². The Morgan fingerprint density at radius 2 is 1.67 bits per heavy atom. The van der Waals surface area contributed by atoms with E-state index in [1.807, 2.05) is 36.4 Å². The highest BCUT2D eigenvalue weighted by Crippen LogP contribution is 2.19. The van der Waals surface area contributed by atoms with Crippen LogP contribution in [0.2, 0.25) is 0 Å². The third-order valence-corrected chi connectivity index (χ3v) is 5.08. The summed E-state index contributed by atoms with van der Waals surface area (Å²) in [5.74, 6) is -0.214. The van der Waals surface area contributed by atoms with Gasteiger partial charge in [0, 0.05) is 37.6 Å². The Balaban J connectivity index is 1.50. The SMILES string of the molecule is O=C(NC1CN(C(=O)CCCc2ccccc2)CC1CO)c1ccccc1. The number of carbonyl (C=O) groups excluding carboxylic acids is 2. The number of nitrogens with zero attached hydrogens (tertiary/aromatic N) is 1. The van der Waals surface area contributed by atoms with Gasteiger partial charge in [-0.15, -0.1) is 0 Å². The largest absolute Gasteiger partial charge is 0.396 e. The maximum Gasteiger partial charge on any atom is 0.251 e. The fourth-order valence-corrected chi connectivity index (χ4v) is 3.51. The van der Waals surface area contributed by atoms with Gasteiger partial charge in [0.15, 0.2) is 0 Å². The number of nitrogens with one attached hydrogen (secondary N) is 1. The van der Waals surface area contributed by atoms with Gasteiger partial charge in [-0.1, -0.05) is 48.5 Å². The molecule has 0 aliphatic carbocycles. The van der Waals surface area contributed by atoms with E-state index in [1.54, 1.807) is 17.0 Å². The minimum absolute atomic E-state index is 0.0481. The second kappa shape index (κ2) is 9.33. The molecule has 1 saturated heterocycles. The first-order valence-electron chi connectivity index (χ1n) is 9.46. The monoisotopic (exact) mass is 366 g/mol. The molecule has 2 N–H and O–H groups in total. The van der Waals surface area contributed by atoms with E-state index in [4.69, 9.17) is 0 Å². The Kier molecular flexibility index (Phi) is 6.60. The predicted molar refractivity (Wildman–Crippen MR) is 104 cm³/mol. The Morgan fingerprint density at radius 1 is 1.00 bits per heavy atom. The van der Waals surface area contributed by atoms with E-state index in [9.17, 15) is 14.7 Å². The van der Waals surface area contributed by atoms with E-state index in [-0.39, 0.29) is 30.4 Å². The fraction of sp³-hybridized carbons (Fsp3) is 0.364. The van der Waals surface area contributed by atoms with E-state index in [0.717, 1.165) is 12.8 Å². The first kappa shape index (κ1) is 19.1. The molecule has 1 aliphatic heterocycles. The van der Waals surface area contributed by atoms with Crippen molar-refractivity contribution in [3.8, 4) is 0 Å². The van der Waals surface area contributed by atoms with E-state index in [2.05, 4.69) is 17.4 Å². The molecule has 0 aromatic heterocycles. The standard InChI is InChI=1S/C22H26N2O3/c25-16-19-14-24(21(26)13-7-10-17-8-3-1-4-9-17)15-20(19)23-22(27)18-11-5-2-6-12-18/h1-6,8-9,11-12,19-20,25H,7,10,13-16H2,(H,23,27). The summed E-state index contributed by atoms with van der Waals surface area (Å²) in [5, 5.41) is 12.6. The van der Waals surface area contributed by atoms with Gasteiger partial charge in [-0.05, 0) is 30.5 Å².